The molecule has 1 atom stereocenters. The van der Waals surface area contributed by atoms with E-state index < -0.39 is 6.04 Å². The molecule has 7 nitrogen and oxygen atoms in total. The number of hydrogen-bond donors (Lipinski definition) is 2. The molecule has 3 N–H and O–H groups in total. The lowest BCUT2D eigenvalue weighted by molar-refractivity contribution is -0.118. The van der Waals surface area contributed by atoms with Gasteiger partial charge in [0.1, 0.15) is 6.04 Å². The van der Waals surface area contributed by atoms with Gasteiger partial charge < -0.3 is 11.1 Å². The Kier molecular flexibility index (Phi) is 6.63. The predicted molar refractivity (Wildman–Crippen MR) is 126 cm³/mol. The first-order chi connectivity index (χ1) is 15.1. The quantitative estimate of drug-likeness (QED) is 0.383. The molecule has 2 heterocycles. The van der Waals surface area contributed by atoms with Crippen LogP contribution < -0.4 is 11.1 Å². The zero-order chi connectivity index (χ0) is 21.6. The molecule has 0 saturated heterocycles. The summed E-state index contributed by atoms with van der Waals surface area (Å²) in [4.78, 5) is 17.4. The van der Waals surface area contributed by atoms with Gasteiger partial charge in [-0.2, -0.15) is 0 Å². The van der Waals surface area contributed by atoms with Crippen LogP contribution >= 0.6 is 23.1 Å². The third-order valence-electron chi connectivity index (χ3n) is 4.73. The van der Waals surface area contributed by atoms with Crippen LogP contribution in [0.5, 0.6) is 0 Å². The van der Waals surface area contributed by atoms with Crippen molar-refractivity contribution in [2.75, 3.05) is 16.8 Å². The smallest absolute Gasteiger partial charge is 0.249 e. The maximum atomic E-state index is 12.9. The number of anilines is 2. The predicted octanol–water partition coefficient (Wildman–Crippen LogP) is 4.52. The largest absolute Gasteiger partial charge is 0.368 e. The van der Waals surface area contributed by atoms with Crippen molar-refractivity contribution in [2.45, 2.75) is 24.5 Å². The number of aromatic nitrogens is 4. The van der Waals surface area contributed by atoms with Gasteiger partial charge in [0.25, 0.3) is 0 Å². The number of hydrogen-bond acceptors (Lipinski definition) is 7. The molecular formula is C22H22N6OS2. The average molecular weight is 451 g/mol. The SMILES string of the molecule is CC(C(=O)Nc1nc(-c2ccccc2)cs1)n1c(N)nnc1SCCc1ccccc1. The minimum Gasteiger partial charge on any atom is -0.368 e. The normalized spacial score (nSPS) is 11.9. The number of carbonyl (C=O) groups excluding carboxylic acids is 1. The van der Waals surface area contributed by atoms with Crippen LogP contribution in [0, 0.1) is 0 Å². The van der Waals surface area contributed by atoms with Gasteiger partial charge in [0.15, 0.2) is 10.3 Å². The standard InChI is InChI=1S/C22H22N6OS2/c1-15(19(29)25-21-24-18(14-31-21)17-10-6-3-7-11-17)28-20(23)26-27-22(28)30-13-12-16-8-4-2-5-9-16/h2-11,14-15H,12-13H2,1H3,(H2,23,26)(H,24,25,29). The Hall–Kier alpha value is -3.17. The number of nitrogen functional groups attached to an aromatic ring is 1. The van der Waals surface area contributed by atoms with E-state index in [0.29, 0.717) is 10.3 Å². The molecule has 4 aromatic rings. The lowest BCUT2D eigenvalue weighted by Gasteiger charge is -2.15. The number of aryl methyl sites for hydroxylation is 1. The molecule has 9 heteroatoms. The topological polar surface area (TPSA) is 98.7 Å². The van der Waals surface area contributed by atoms with Crippen LogP contribution in [0.4, 0.5) is 11.1 Å². The Morgan fingerprint density at radius 2 is 1.84 bits per heavy atom. The van der Waals surface area contributed by atoms with Crippen LogP contribution in [-0.4, -0.2) is 31.4 Å². The molecule has 0 aliphatic heterocycles. The number of nitrogens with zero attached hydrogens (tertiary/aromatic N) is 4. The van der Waals surface area contributed by atoms with Gasteiger partial charge in [-0.1, -0.05) is 72.4 Å². The van der Waals surface area contributed by atoms with Crippen molar-refractivity contribution < 1.29 is 4.79 Å². The number of nitrogens with one attached hydrogen (secondary N) is 1. The number of carbonyl (C=O) groups is 1. The van der Waals surface area contributed by atoms with Gasteiger partial charge in [-0.3, -0.25) is 9.36 Å². The molecule has 1 amide bonds. The van der Waals surface area contributed by atoms with Crippen molar-refractivity contribution >= 4 is 40.1 Å². The summed E-state index contributed by atoms with van der Waals surface area (Å²) in [6, 6.07) is 19.5. The maximum Gasteiger partial charge on any atom is 0.249 e. The van der Waals surface area contributed by atoms with Crippen LogP contribution in [0.25, 0.3) is 11.3 Å². The van der Waals surface area contributed by atoms with Crippen molar-refractivity contribution in [1.29, 1.82) is 0 Å². The summed E-state index contributed by atoms with van der Waals surface area (Å²) in [5, 5.41) is 14.1. The summed E-state index contributed by atoms with van der Waals surface area (Å²) in [7, 11) is 0. The van der Waals surface area contributed by atoms with E-state index in [1.165, 1.54) is 28.7 Å². The maximum absolute atomic E-state index is 12.9. The number of thioether (sulfide) groups is 1. The number of rotatable bonds is 8. The highest BCUT2D eigenvalue weighted by atomic mass is 32.2. The highest BCUT2D eigenvalue weighted by Crippen LogP contribution is 2.27. The van der Waals surface area contributed by atoms with Gasteiger partial charge >= 0.3 is 0 Å². The summed E-state index contributed by atoms with van der Waals surface area (Å²) in [6.45, 7) is 1.78. The molecule has 0 aliphatic rings. The molecule has 158 valence electrons. The first-order valence-corrected chi connectivity index (χ1v) is 11.7. The van der Waals surface area contributed by atoms with Gasteiger partial charge in [0.2, 0.25) is 11.9 Å². The van der Waals surface area contributed by atoms with E-state index in [2.05, 4.69) is 32.6 Å². The molecule has 1 unspecified atom stereocenters. The highest BCUT2D eigenvalue weighted by molar-refractivity contribution is 7.99. The zero-order valence-electron chi connectivity index (χ0n) is 16.9. The molecule has 0 bridgehead atoms. The first-order valence-electron chi connectivity index (χ1n) is 9.80. The van der Waals surface area contributed by atoms with E-state index in [-0.39, 0.29) is 11.9 Å². The number of nitrogens with two attached hydrogens (primary N) is 1. The third-order valence-corrected chi connectivity index (χ3v) is 6.43. The van der Waals surface area contributed by atoms with Crippen molar-refractivity contribution in [3.8, 4) is 11.3 Å². The Balaban J connectivity index is 1.41. The summed E-state index contributed by atoms with van der Waals surface area (Å²) >= 11 is 2.92. The number of thiazole rings is 1. The van der Waals surface area contributed by atoms with Gasteiger partial charge in [0, 0.05) is 16.7 Å². The molecule has 0 spiro atoms. The van der Waals surface area contributed by atoms with Gasteiger partial charge in [-0.15, -0.1) is 21.5 Å². The van der Waals surface area contributed by atoms with Crippen molar-refractivity contribution in [2.24, 2.45) is 0 Å². The highest BCUT2D eigenvalue weighted by Gasteiger charge is 2.23. The molecule has 4 rings (SSSR count). The Morgan fingerprint density at radius 1 is 1.13 bits per heavy atom. The Morgan fingerprint density at radius 3 is 2.58 bits per heavy atom. The van der Waals surface area contributed by atoms with Gasteiger partial charge in [-0.05, 0) is 18.9 Å². The minimum atomic E-state index is -0.571. The fourth-order valence-corrected chi connectivity index (χ4v) is 4.79. The second-order valence-electron chi connectivity index (χ2n) is 6.86. The van der Waals surface area contributed by atoms with E-state index in [4.69, 9.17) is 5.73 Å². The van der Waals surface area contributed by atoms with E-state index in [0.717, 1.165) is 23.4 Å². The van der Waals surface area contributed by atoms with Gasteiger partial charge in [-0.25, -0.2) is 4.98 Å². The molecule has 0 fully saturated rings. The lowest BCUT2D eigenvalue weighted by Crippen LogP contribution is -2.25. The van der Waals surface area contributed by atoms with E-state index in [9.17, 15) is 4.79 Å². The fraction of sp³-hybridized carbons (Fsp3) is 0.182. The Labute approximate surface area is 188 Å². The molecule has 0 aliphatic carbocycles. The third kappa shape index (κ3) is 5.12. The lowest BCUT2D eigenvalue weighted by atomic mass is 10.2. The van der Waals surface area contributed by atoms with Crippen molar-refractivity contribution in [1.82, 2.24) is 19.7 Å². The molecule has 0 saturated carbocycles. The zero-order valence-corrected chi connectivity index (χ0v) is 18.6. The van der Waals surface area contributed by atoms with Crippen molar-refractivity contribution in [3.05, 3.63) is 71.6 Å². The summed E-state index contributed by atoms with van der Waals surface area (Å²) in [5.74, 6) is 0.808. The molecule has 2 aromatic heterocycles. The summed E-state index contributed by atoms with van der Waals surface area (Å²) < 4.78 is 1.66. The Bertz CT molecular complexity index is 1140. The van der Waals surface area contributed by atoms with Gasteiger partial charge in [0.05, 0.1) is 5.69 Å². The second kappa shape index (κ2) is 9.76. The monoisotopic (exact) mass is 450 g/mol. The molecule has 2 aromatic carbocycles. The van der Waals surface area contributed by atoms with Crippen LogP contribution in [0.3, 0.4) is 0 Å². The summed E-state index contributed by atoms with van der Waals surface area (Å²) in [5.41, 5.74) is 9.10. The fourth-order valence-electron chi connectivity index (χ4n) is 3.06. The van der Waals surface area contributed by atoms with Crippen LogP contribution in [0.2, 0.25) is 0 Å². The molecule has 0 radical (unpaired) electrons. The van der Waals surface area contributed by atoms with E-state index in [1.54, 1.807) is 11.5 Å². The van der Waals surface area contributed by atoms with Crippen LogP contribution in [0.15, 0.2) is 71.2 Å². The van der Waals surface area contributed by atoms with E-state index in [1.807, 2.05) is 53.9 Å². The summed E-state index contributed by atoms with van der Waals surface area (Å²) in [6.07, 6.45) is 0.889. The van der Waals surface area contributed by atoms with Crippen LogP contribution in [-0.2, 0) is 11.2 Å². The minimum absolute atomic E-state index is 0.217. The first kappa shape index (κ1) is 21.1. The molecular weight excluding hydrogens is 428 g/mol. The van der Waals surface area contributed by atoms with Crippen molar-refractivity contribution in [3.63, 3.8) is 0 Å². The van der Waals surface area contributed by atoms with E-state index >= 15 is 0 Å². The average Bonchev–Trinajstić information content (AvgIpc) is 3.41. The van der Waals surface area contributed by atoms with Crippen LogP contribution in [0.1, 0.15) is 18.5 Å². The number of benzene rings is 2. The number of amides is 1. The molecule has 31 heavy (non-hydrogen) atoms. The second-order valence-corrected chi connectivity index (χ2v) is 8.78.